The summed E-state index contributed by atoms with van der Waals surface area (Å²) in [7, 11) is 0. The van der Waals surface area contributed by atoms with Gasteiger partial charge in [0.05, 0.1) is 5.92 Å². The molecule has 1 heterocycles. The van der Waals surface area contributed by atoms with Crippen molar-refractivity contribution in [3.8, 4) is 0 Å². The quantitative estimate of drug-likeness (QED) is 0.892. The van der Waals surface area contributed by atoms with E-state index in [9.17, 15) is 9.90 Å². The maximum atomic E-state index is 11.4. The Kier molecular flexibility index (Phi) is 3.71. The Balaban J connectivity index is 2.31. The van der Waals surface area contributed by atoms with Crippen LogP contribution in [0.4, 0.5) is 0 Å². The Hall–Kier alpha value is -1.35. The number of aliphatic carboxylic acids is 1. The van der Waals surface area contributed by atoms with E-state index >= 15 is 0 Å². The molecule has 0 saturated carbocycles. The first-order valence-corrected chi connectivity index (χ1v) is 6.55. The average Bonchev–Trinajstić information content (AvgIpc) is 2.36. The van der Waals surface area contributed by atoms with Crippen LogP contribution in [0.3, 0.4) is 0 Å². The molecule has 2 unspecified atom stereocenters. The highest BCUT2D eigenvalue weighted by Gasteiger charge is 2.32. The lowest BCUT2D eigenvalue weighted by Crippen LogP contribution is -2.43. The van der Waals surface area contributed by atoms with E-state index in [-0.39, 0.29) is 0 Å². The molecule has 0 saturated heterocycles. The number of benzene rings is 1. The molecule has 98 valence electrons. The van der Waals surface area contributed by atoms with Gasteiger partial charge in [-0.3, -0.25) is 9.69 Å². The van der Waals surface area contributed by atoms with E-state index in [1.807, 2.05) is 24.3 Å². The number of rotatable bonds is 3. The summed E-state index contributed by atoms with van der Waals surface area (Å²) in [6.45, 7) is 8.02. The molecule has 1 aliphatic heterocycles. The van der Waals surface area contributed by atoms with E-state index in [2.05, 4.69) is 25.7 Å². The predicted molar refractivity (Wildman–Crippen MR) is 71.5 cm³/mol. The van der Waals surface area contributed by atoms with Crippen molar-refractivity contribution in [2.75, 3.05) is 6.54 Å². The van der Waals surface area contributed by atoms with E-state index < -0.39 is 11.9 Å². The summed E-state index contributed by atoms with van der Waals surface area (Å²) in [5, 5.41) is 9.40. The zero-order valence-electron chi connectivity index (χ0n) is 11.3. The van der Waals surface area contributed by atoms with Crippen LogP contribution in [0, 0.1) is 5.92 Å². The summed E-state index contributed by atoms with van der Waals surface area (Å²) in [6, 6.07) is 8.31. The van der Waals surface area contributed by atoms with Crippen molar-refractivity contribution in [3.63, 3.8) is 0 Å². The normalized spacial score (nSPS) is 21.7. The molecular weight excluding hydrogens is 226 g/mol. The second-order valence-electron chi connectivity index (χ2n) is 5.50. The van der Waals surface area contributed by atoms with Crippen molar-refractivity contribution in [3.05, 3.63) is 35.4 Å². The number of hydrogen-bond acceptors (Lipinski definition) is 2. The number of carbonyl (C=O) groups is 1. The molecule has 3 heteroatoms. The molecule has 0 amide bonds. The maximum absolute atomic E-state index is 11.4. The smallest absolute Gasteiger partial charge is 0.312 e. The Morgan fingerprint density at radius 1 is 1.33 bits per heavy atom. The predicted octanol–water partition coefficient (Wildman–Crippen LogP) is 2.71. The largest absolute Gasteiger partial charge is 0.481 e. The summed E-state index contributed by atoms with van der Waals surface area (Å²) in [5.41, 5.74) is 2.14. The van der Waals surface area contributed by atoms with Gasteiger partial charge in [-0.15, -0.1) is 0 Å². The number of carboxylic acid groups (broad SMARTS) is 1. The molecule has 0 spiro atoms. The zero-order valence-corrected chi connectivity index (χ0v) is 11.3. The van der Waals surface area contributed by atoms with Gasteiger partial charge in [0.15, 0.2) is 0 Å². The zero-order chi connectivity index (χ0) is 13.3. The monoisotopic (exact) mass is 247 g/mol. The topological polar surface area (TPSA) is 40.5 Å². The fourth-order valence-corrected chi connectivity index (χ4v) is 2.58. The molecular formula is C15H21NO2. The third kappa shape index (κ3) is 2.41. The van der Waals surface area contributed by atoms with Gasteiger partial charge in [0.1, 0.15) is 0 Å². The van der Waals surface area contributed by atoms with E-state index in [1.165, 1.54) is 0 Å². The van der Waals surface area contributed by atoms with E-state index in [4.69, 9.17) is 0 Å². The average molecular weight is 247 g/mol. The van der Waals surface area contributed by atoms with Gasteiger partial charge in [-0.05, 0) is 24.0 Å². The lowest BCUT2D eigenvalue weighted by molar-refractivity contribution is -0.139. The van der Waals surface area contributed by atoms with Crippen LogP contribution < -0.4 is 0 Å². The van der Waals surface area contributed by atoms with Gasteiger partial charge in [0.25, 0.3) is 0 Å². The third-order valence-corrected chi connectivity index (χ3v) is 4.06. The fraction of sp³-hybridized carbons (Fsp3) is 0.533. The van der Waals surface area contributed by atoms with Gasteiger partial charge >= 0.3 is 5.97 Å². The molecule has 1 aromatic carbocycles. The van der Waals surface area contributed by atoms with Gasteiger partial charge in [0, 0.05) is 19.1 Å². The van der Waals surface area contributed by atoms with Gasteiger partial charge in [-0.1, -0.05) is 38.1 Å². The summed E-state index contributed by atoms with van der Waals surface area (Å²) >= 11 is 0. The Morgan fingerprint density at radius 3 is 2.61 bits per heavy atom. The first-order valence-electron chi connectivity index (χ1n) is 6.55. The molecule has 0 bridgehead atoms. The van der Waals surface area contributed by atoms with E-state index in [0.29, 0.717) is 18.5 Å². The van der Waals surface area contributed by atoms with Crippen molar-refractivity contribution in [2.24, 2.45) is 5.92 Å². The SMILES string of the molecule is CC(C)C(C)N1Cc2ccccc2C(C(=O)O)C1. The van der Waals surface area contributed by atoms with Crippen molar-refractivity contribution < 1.29 is 9.90 Å². The van der Waals surface area contributed by atoms with Crippen LogP contribution in [0.5, 0.6) is 0 Å². The maximum Gasteiger partial charge on any atom is 0.312 e. The van der Waals surface area contributed by atoms with Crippen molar-refractivity contribution in [2.45, 2.75) is 39.3 Å². The van der Waals surface area contributed by atoms with Gasteiger partial charge in [-0.25, -0.2) is 0 Å². The van der Waals surface area contributed by atoms with Crippen LogP contribution in [0.2, 0.25) is 0 Å². The molecule has 18 heavy (non-hydrogen) atoms. The van der Waals surface area contributed by atoms with Crippen LogP contribution >= 0.6 is 0 Å². The van der Waals surface area contributed by atoms with Crippen molar-refractivity contribution >= 4 is 5.97 Å². The standard InChI is InChI=1S/C15H21NO2/c1-10(2)11(3)16-8-12-6-4-5-7-13(12)14(9-16)15(17)18/h4-7,10-11,14H,8-9H2,1-3H3,(H,17,18). The third-order valence-electron chi connectivity index (χ3n) is 4.06. The molecule has 1 aliphatic rings. The lowest BCUT2D eigenvalue weighted by Gasteiger charge is -2.38. The minimum atomic E-state index is -0.719. The molecule has 2 rings (SSSR count). The highest BCUT2D eigenvalue weighted by molar-refractivity contribution is 5.77. The second kappa shape index (κ2) is 5.11. The molecule has 0 fully saturated rings. The highest BCUT2D eigenvalue weighted by Crippen LogP contribution is 2.30. The van der Waals surface area contributed by atoms with Crippen molar-refractivity contribution in [1.82, 2.24) is 4.90 Å². The summed E-state index contributed by atoms with van der Waals surface area (Å²) in [6.07, 6.45) is 0. The summed E-state index contributed by atoms with van der Waals surface area (Å²) in [4.78, 5) is 13.7. The number of fused-ring (bicyclic) bond motifs is 1. The van der Waals surface area contributed by atoms with Crippen molar-refractivity contribution in [1.29, 1.82) is 0 Å². The van der Waals surface area contributed by atoms with Gasteiger partial charge in [-0.2, -0.15) is 0 Å². The molecule has 2 atom stereocenters. The molecule has 0 aromatic heterocycles. The fourth-order valence-electron chi connectivity index (χ4n) is 2.58. The van der Waals surface area contributed by atoms with Crippen LogP contribution in [0.15, 0.2) is 24.3 Å². The van der Waals surface area contributed by atoms with Crippen LogP contribution in [-0.4, -0.2) is 28.6 Å². The second-order valence-corrected chi connectivity index (χ2v) is 5.50. The number of nitrogens with zero attached hydrogens (tertiary/aromatic N) is 1. The van der Waals surface area contributed by atoms with Crippen LogP contribution in [-0.2, 0) is 11.3 Å². The highest BCUT2D eigenvalue weighted by atomic mass is 16.4. The number of carboxylic acids is 1. The van der Waals surface area contributed by atoms with E-state index in [0.717, 1.165) is 17.7 Å². The molecule has 1 aromatic rings. The number of hydrogen-bond donors (Lipinski definition) is 1. The summed E-state index contributed by atoms with van der Waals surface area (Å²) in [5.74, 6) is -0.580. The van der Waals surface area contributed by atoms with Gasteiger partial charge in [0.2, 0.25) is 0 Å². The Bertz CT molecular complexity index is 442. The van der Waals surface area contributed by atoms with Crippen LogP contribution in [0.1, 0.15) is 37.8 Å². The molecule has 0 radical (unpaired) electrons. The Morgan fingerprint density at radius 2 is 2.00 bits per heavy atom. The minimum Gasteiger partial charge on any atom is -0.481 e. The van der Waals surface area contributed by atoms with E-state index in [1.54, 1.807) is 0 Å². The first kappa shape index (κ1) is 13.1. The summed E-state index contributed by atoms with van der Waals surface area (Å²) < 4.78 is 0. The molecule has 3 nitrogen and oxygen atoms in total. The van der Waals surface area contributed by atoms with Gasteiger partial charge < -0.3 is 5.11 Å². The lowest BCUT2D eigenvalue weighted by atomic mass is 9.88. The van der Waals surface area contributed by atoms with Crippen LogP contribution in [0.25, 0.3) is 0 Å². The molecule has 1 N–H and O–H groups in total. The Labute approximate surface area is 108 Å². The minimum absolute atomic E-state index is 0.392. The molecule has 0 aliphatic carbocycles. The first-order chi connectivity index (χ1) is 8.50.